The number of nitrogens with zero attached hydrogens (tertiary/aromatic N) is 1. The molecule has 0 aliphatic carbocycles. The molecule has 0 unspecified atom stereocenters. The van der Waals surface area contributed by atoms with Gasteiger partial charge in [-0.1, -0.05) is 12.1 Å². The lowest BCUT2D eigenvalue weighted by Gasteiger charge is -2.10. The Morgan fingerprint density at radius 1 is 1.37 bits per heavy atom. The summed E-state index contributed by atoms with van der Waals surface area (Å²) in [7, 11) is 3.50. The third-order valence-electron chi connectivity index (χ3n) is 2.21. The normalized spacial score (nSPS) is 11.1. The first-order chi connectivity index (χ1) is 8.95. The molecule has 0 aliphatic rings. The second-order valence-corrected chi connectivity index (χ2v) is 5.31. The summed E-state index contributed by atoms with van der Waals surface area (Å²) in [4.78, 5) is 25.8. The van der Waals surface area contributed by atoms with Crippen LogP contribution in [0.2, 0.25) is 0 Å². The Hall–Kier alpha value is -1.37. The third kappa shape index (κ3) is 4.66. The monoisotopic (exact) mass is 373 g/mol. The molecule has 0 heterocycles. The number of rotatable bonds is 5. The SMILES string of the molecule is CCOC(=O)C(=CN(C)C)C(=O)c1cccc(I)c1. The lowest BCUT2D eigenvalue weighted by atomic mass is 10.0. The summed E-state index contributed by atoms with van der Waals surface area (Å²) in [5.41, 5.74) is 0.516. The Morgan fingerprint density at radius 2 is 2.05 bits per heavy atom. The first-order valence-corrected chi connectivity index (χ1v) is 6.89. The van der Waals surface area contributed by atoms with Gasteiger partial charge < -0.3 is 9.64 Å². The second-order valence-electron chi connectivity index (χ2n) is 4.07. The molecule has 5 heteroatoms. The first kappa shape index (κ1) is 15.7. The van der Waals surface area contributed by atoms with Crippen molar-refractivity contribution < 1.29 is 14.3 Å². The van der Waals surface area contributed by atoms with Crippen LogP contribution in [0.25, 0.3) is 0 Å². The Balaban J connectivity index is 3.12. The van der Waals surface area contributed by atoms with Gasteiger partial charge in [-0.25, -0.2) is 4.79 Å². The van der Waals surface area contributed by atoms with Gasteiger partial charge in [0.25, 0.3) is 0 Å². The summed E-state index contributed by atoms with van der Waals surface area (Å²) in [5, 5.41) is 0. The Morgan fingerprint density at radius 3 is 2.58 bits per heavy atom. The van der Waals surface area contributed by atoms with E-state index < -0.39 is 5.97 Å². The van der Waals surface area contributed by atoms with Crippen LogP contribution in [-0.4, -0.2) is 37.4 Å². The lowest BCUT2D eigenvalue weighted by molar-refractivity contribution is -0.138. The second kappa shape index (κ2) is 7.28. The van der Waals surface area contributed by atoms with Gasteiger partial charge in [0.05, 0.1) is 6.61 Å². The molecule has 0 amide bonds. The van der Waals surface area contributed by atoms with Crippen molar-refractivity contribution in [3.8, 4) is 0 Å². The van der Waals surface area contributed by atoms with Crippen LogP contribution in [0.1, 0.15) is 17.3 Å². The van der Waals surface area contributed by atoms with E-state index in [1.54, 1.807) is 44.1 Å². The van der Waals surface area contributed by atoms with Crippen molar-refractivity contribution in [3.05, 3.63) is 45.2 Å². The molecule has 102 valence electrons. The molecular weight excluding hydrogens is 357 g/mol. The number of esters is 1. The van der Waals surface area contributed by atoms with Gasteiger partial charge in [0.15, 0.2) is 0 Å². The highest BCUT2D eigenvalue weighted by Gasteiger charge is 2.21. The minimum absolute atomic E-state index is 0.0360. The molecule has 0 atom stereocenters. The standard InChI is InChI=1S/C14H16INO3/c1-4-19-14(18)12(9-16(2)3)13(17)10-6-5-7-11(15)8-10/h5-9H,4H2,1-3H3. The topological polar surface area (TPSA) is 46.6 Å². The molecule has 1 rings (SSSR count). The van der Waals surface area contributed by atoms with E-state index >= 15 is 0 Å². The number of carbonyl (C=O) groups excluding carboxylic acids is 2. The van der Waals surface area contributed by atoms with Gasteiger partial charge in [-0.05, 0) is 41.6 Å². The maximum Gasteiger partial charge on any atom is 0.343 e. The predicted octanol–water partition coefficient (Wildman–Crippen LogP) is 2.48. The van der Waals surface area contributed by atoms with Gasteiger partial charge in [0.2, 0.25) is 5.78 Å². The smallest absolute Gasteiger partial charge is 0.343 e. The molecular formula is C14H16INO3. The zero-order valence-corrected chi connectivity index (χ0v) is 13.3. The fraction of sp³-hybridized carbons (Fsp3) is 0.286. The van der Waals surface area contributed by atoms with Crippen LogP contribution in [-0.2, 0) is 9.53 Å². The van der Waals surface area contributed by atoms with Gasteiger partial charge >= 0.3 is 5.97 Å². The molecule has 0 bridgehead atoms. The molecule has 0 spiro atoms. The van der Waals surface area contributed by atoms with E-state index in [1.807, 2.05) is 6.07 Å². The number of ether oxygens (including phenoxy) is 1. The van der Waals surface area contributed by atoms with Gasteiger partial charge in [-0.3, -0.25) is 4.79 Å². The minimum Gasteiger partial charge on any atom is -0.462 e. The van der Waals surface area contributed by atoms with Gasteiger partial charge in [-0.2, -0.15) is 0 Å². The van der Waals surface area contributed by atoms with Crippen molar-refractivity contribution in [3.63, 3.8) is 0 Å². The quantitative estimate of drug-likeness (QED) is 0.199. The van der Waals surface area contributed by atoms with Crippen LogP contribution in [0, 0.1) is 3.57 Å². The number of hydrogen-bond acceptors (Lipinski definition) is 4. The van der Waals surface area contributed by atoms with E-state index in [0.29, 0.717) is 5.56 Å². The third-order valence-corrected chi connectivity index (χ3v) is 2.89. The fourth-order valence-electron chi connectivity index (χ4n) is 1.46. The number of ketones is 1. The van der Waals surface area contributed by atoms with Gasteiger partial charge in [0, 0.05) is 29.4 Å². The van der Waals surface area contributed by atoms with E-state index in [4.69, 9.17) is 4.74 Å². The number of hydrogen-bond donors (Lipinski definition) is 0. The van der Waals surface area contributed by atoms with Crippen molar-refractivity contribution >= 4 is 34.3 Å². The molecule has 0 saturated carbocycles. The van der Waals surface area contributed by atoms with Crippen LogP contribution in [0.3, 0.4) is 0 Å². The number of Topliss-reactive ketones (excluding diaryl/α,β-unsaturated/α-hetero) is 1. The highest BCUT2D eigenvalue weighted by atomic mass is 127. The Labute approximate surface area is 126 Å². The van der Waals surface area contributed by atoms with Crippen molar-refractivity contribution in [2.24, 2.45) is 0 Å². The van der Waals surface area contributed by atoms with E-state index in [2.05, 4.69) is 22.6 Å². The molecule has 1 aromatic rings. The summed E-state index contributed by atoms with van der Waals surface area (Å²) >= 11 is 2.12. The van der Waals surface area contributed by atoms with Gasteiger partial charge in [-0.15, -0.1) is 0 Å². The molecule has 0 radical (unpaired) electrons. The molecule has 19 heavy (non-hydrogen) atoms. The molecule has 0 aromatic heterocycles. The maximum absolute atomic E-state index is 12.3. The minimum atomic E-state index is -0.597. The summed E-state index contributed by atoms with van der Waals surface area (Å²) in [6, 6.07) is 7.10. The molecule has 0 saturated heterocycles. The number of benzene rings is 1. The highest BCUT2D eigenvalue weighted by molar-refractivity contribution is 14.1. The van der Waals surface area contributed by atoms with E-state index in [9.17, 15) is 9.59 Å². The molecule has 4 nitrogen and oxygen atoms in total. The molecule has 1 aromatic carbocycles. The molecule has 0 fully saturated rings. The maximum atomic E-state index is 12.3. The van der Waals surface area contributed by atoms with Gasteiger partial charge in [0.1, 0.15) is 5.57 Å². The van der Waals surface area contributed by atoms with Crippen molar-refractivity contribution in [1.82, 2.24) is 4.90 Å². The highest BCUT2D eigenvalue weighted by Crippen LogP contribution is 2.14. The van der Waals surface area contributed by atoms with Crippen molar-refractivity contribution in [1.29, 1.82) is 0 Å². The summed E-state index contributed by atoms with van der Waals surface area (Å²) in [6.07, 6.45) is 1.49. The average molecular weight is 373 g/mol. The summed E-state index contributed by atoms with van der Waals surface area (Å²) < 4.78 is 5.86. The number of halogens is 1. The largest absolute Gasteiger partial charge is 0.462 e. The lowest BCUT2D eigenvalue weighted by Crippen LogP contribution is -2.19. The van der Waals surface area contributed by atoms with E-state index in [0.717, 1.165) is 3.57 Å². The zero-order valence-electron chi connectivity index (χ0n) is 11.1. The van der Waals surface area contributed by atoms with E-state index in [-0.39, 0.29) is 18.0 Å². The Kier molecular flexibility index (Phi) is 6.01. The molecule has 0 N–H and O–H groups in total. The first-order valence-electron chi connectivity index (χ1n) is 5.81. The van der Waals surface area contributed by atoms with Crippen LogP contribution in [0.4, 0.5) is 0 Å². The van der Waals surface area contributed by atoms with Crippen LogP contribution >= 0.6 is 22.6 Å². The summed E-state index contributed by atoms with van der Waals surface area (Å²) in [5.74, 6) is -0.925. The fourth-order valence-corrected chi connectivity index (χ4v) is 2.00. The molecule has 0 aliphatic heterocycles. The van der Waals surface area contributed by atoms with Crippen LogP contribution in [0.5, 0.6) is 0 Å². The Bertz CT molecular complexity index is 509. The summed E-state index contributed by atoms with van der Waals surface area (Å²) in [6.45, 7) is 1.95. The van der Waals surface area contributed by atoms with Crippen molar-refractivity contribution in [2.75, 3.05) is 20.7 Å². The zero-order chi connectivity index (χ0) is 14.4. The predicted molar refractivity (Wildman–Crippen MR) is 81.9 cm³/mol. The van der Waals surface area contributed by atoms with E-state index in [1.165, 1.54) is 6.20 Å². The van der Waals surface area contributed by atoms with Crippen molar-refractivity contribution in [2.45, 2.75) is 6.92 Å². The average Bonchev–Trinajstić information content (AvgIpc) is 2.35. The van der Waals surface area contributed by atoms with Crippen LogP contribution < -0.4 is 0 Å². The number of carbonyl (C=O) groups is 2. The van der Waals surface area contributed by atoms with Crippen LogP contribution in [0.15, 0.2) is 36.0 Å².